The summed E-state index contributed by atoms with van der Waals surface area (Å²) in [6.07, 6.45) is -0.619. The Balaban J connectivity index is 1.48. The van der Waals surface area contributed by atoms with E-state index < -0.39 is 6.10 Å². The summed E-state index contributed by atoms with van der Waals surface area (Å²) in [7, 11) is 0. The van der Waals surface area contributed by atoms with Crippen LogP contribution in [-0.2, 0) is 4.79 Å². The van der Waals surface area contributed by atoms with Crippen LogP contribution in [0.5, 0.6) is 11.5 Å². The normalized spacial score (nSPS) is 15.1. The summed E-state index contributed by atoms with van der Waals surface area (Å²) in [4.78, 5) is 26.9. The Kier molecular flexibility index (Phi) is 5.89. The maximum absolute atomic E-state index is 12.7. The van der Waals surface area contributed by atoms with Crippen molar-refractivity contribution in [3.63, 3.8) is 0 Å². The minimum absolute atomic E-state index is 0.124. The first kappa shape index (κ1) is 20.5. The summed E-state index contributed by atoms with van der Waals surface area (Å²) in [6.45, 7) is 4.41. The van der Waals surface area contributed by atoms with Gasteiger partial charge in [-0.3, -0.25) is 9.59 Å². The summed E-state index contributed by atoms with van der Waals surface area (Å²) < 4.78 is 11.6. The van der Waals surface area contributed by atoms with Crippen LogP contribution in [0.15, 0.2) is 72.8 Å². The molecule has 0 saturated heterocycles. The molecule has 158 valence electrons. The predicted octanol–water partition coefficient (Wildman–Crippen LogP) is 4.44. The second-order valence-corrected chi connectivity index (χ2v) is 7.42. The number of nitrogens with one attached hydrogen (secondary N) is 1. The minimum Gasteiger partial charge on any atom is -0.492 e. The molecule has 1 N–H and O–H groups in total. The van der Waals surface area contributed by atoms with Crippen LogP contribution < -0.4 is 19.7 Å². The number of rotatable bonds is 6. The average Bonchev–Trinajstić information content (AvgIpc) is 2.77. The van der Waals surface area contributed by atoms with E-state index in [1.807, 2.05) is 55.5 Å². The van der Waals surface area contributed by atoms with Gasteiger partial charge in [-0.2, -0.15) is 0 Å². The molecule has 31 heavy (non-hydrogen) atoms. The van der Waals surface area contributed by atoms with Crippen molar-refractivity contribution in [1.29, 1.82) is 0 Å². The molecule has 0 aromatic heterocycles. The van der Waals surface area contributed by atoms with Crippen molar-refractivity contribution in [2.75, 3.05) is 23.4 Å². The van der Waals surface area contributed by atoms with Gasteiger partial charge in [-0.1, -0.05) is 35.9 Å². The molecule has 3 aromatic rings. The number of amides is 2. The Bertz CT molecular complexity index is 1100. The highest BCUT2D eigenvalue weighted by Gasteiger charge is 2.31. The van der Waals surface area contributed by atoms with Gasteiger partial charge in [-0.05, 0) is 50.2 Å². The fraction of sp³-hybridized carbons (Fsp3) is 0.200. The molecule has 0 saturated carbocycles. The largest absolute Gasteiger partial charge is 0.492 e. The van der Waals surface area contributed by atoms with Crippen molar-refractivity contribution in [1.82, 2.24) is 0 Å². The van der Waals surface area contributed by atoms with Gasteiger partial charge in [0.2, 0.25) is 0 Å². The number of carbonyl (C=O) groups excluding carboxylic acids is 2. The molecule has 1 aliphatic rings. The molecule has 6 heteroatoms. The van der Waals surface area contributed by atoms with Gasteiger partial charge in [0.1, 0.15) is 18.1 Å². The lowest BCUT2D eigenvalue weighted by atomic mass is 10.1. The Morgan fingerprint density at radius 2 is 1.87 bits per heavy atom. The quantitative estimate of drug-likeness (QED) is 0.645. The lowest BCUT2D eigenvalue weighted by molar-refractivity contribution is -0.125. The summed E-state index contributed by atoms with van der Waals surface area (Å²) in [5.41, 5.74) is 2.87. The van der Waals surface area contributed by atoms with Gasteiger partial charge >= 0.3 is 0 Å². The highest BCUT2D eigenvalue weighted by atomic mass is 16.5. The molecule has 0 radical (unpaired) electrons. The molecular weight excluding hydrogens is 392 g/mol. The fourth-order valence-electron chi connectivity index (χ4n) is 3.48. The van der Waals surface area contributed by atoms with Crippen LogP contribution in [0, 0.1) is 6.92 Å². The van der Waals surface area contributed by atoms with E-state index in [4.69, 9.17) is 9.47 Å². The highest BCUT2D eigenvalue weighted by molar-refractivity contribution is 6.05. The lowest BCUT2D eigenvalue weighted by Crippen LogP contribution is -2.46. The molecule has 6 nitrogen and oxygen atoms in total. The standard InChI is InChI=1S/C25H24N2O4/c1-17-7-6-8-19(15-17)24(28)26-20-11-12-22-23(16-20)31-18(2)25(29)27(22)13-14-30-21-9-4-3-5-10-21/h3-12,15-16,18H,13-14H2,1-2H3,(H,26,28). The second-order valence-electron chi connectivity index (χ2n) is 7.42. The first-order valence-corrected chi connectivity index (χ1v) is 10.2. The molecule has 2 amide bonds. The van der Waals surface area contributed by atoms with E-state index in [1.54, 1.807) is 36.1 Å². The first-order chi connectivity index (χ1) is 15.0. The van der Waals surface area contributed by atoms with Gasteiger partial charge in [0.05, 0.1) is 12.2 Å². The van der Waals surface area contributed by atoms with E-state index in [9.17, 15) is 9.59 Å². The maximum atomic E-state index is 12.7. The molecule has 1 atom stereocenters. The Morgan fingerprint density at radius 1 is 1.06 bits per heavy atom. The molecule has 1 unspecified atom stereocenters. The molecule has 0 spiro atoms. The predicted molar refractivity (Wildman–Crippen MR) is 120 cm³/mol. The van der Waals surface area contributed by atoms with E-state index in [-0.39, 0.29) is 11.8 Å². The number of nitrogens with zero attached hydrogens (tertiary/aromatic N) is 1. The van der Waals surface area contributed by atoms with Crippen molar-refractivity contribution in [3.05, 3.63) is 83.9 Å². The third-order valence-corrected chi connectivity index (χ3v) is 5.03. The minimum atomic E-state index is -0.619. The smallest absolute Gasteiger partial charge is 0.267 e. The first-order valence-electron chi connectivity index (χ1n) is 10.2. The number of hydrogen-bond acceptors (Lipinski definition) is 4. The number of para-hydroxylation sites is 1. The Morgan fingerprint density at radius 3 is 2.65 bits per heavy atom. The summed E-state index contributed by atoms with van der Waals surface area (Å²) in [5.74, 6) is 0.983. The number of carbonyl (C=O) groups is 2. The topological polar surface area (TPSA) is 67.9 Å². The van der Waals surface area contributed by atoms with Gasteiger partial charge in [0.25, 0.3) is 11.8 Å². The summed E-state index contributed by atoms with van der Waals surface area (Å²) in [5, 5.41) is 2.89. The zero-order valence-electron chi connectivity index (χ0n) is 17.5. The highest BCUT2D eigenvalue weighted by Crippen LogP contribution is 2.36. The van der Waals surface area contributed by atoms with Gasteiger partial charge in [0.15, 0.2) is 6.10 Å². The Hall–Kier alpha value is -3.80. The van der Waals surface area contributed by atoms with Crippen molar-refractivity contribution in [2.24, 2.45) is 0 Å². The second kappa shape index (κ2) is 8.92. The van der Waals surface area contributed by atoms with E-state index in [2.05, 4.69) is 5.32 Å². The number of benzene rings is 3. The molecule has 4 rings (SSSR count). The summed E-state index contributed by atoms with van der Waals surface area (Å²) in [6, 6.07) is 22.2. The summed E-state index contributed by atoms with van der Waals surface area (Å²) >= 11 is 0. The van der Waals surface area contributed by atoms with Crippen LogP contribution in [0.1, 0.15) is 22.8 Å². The lowest BCUT2D eigenvalue weighted by Gasteiger charge is -2.33. The molecule has 0 fully saturated rings. The zero-order chi connectivity index (χ0) is 21.8. The molecular formula is C25H24N2O4. The third kappa shape index (κ3) is 4.69. The number of anilines is 2. The van der Waals surface area contributed by atoms with Crippen LogP contribution in [0.3, 0.4) is 0 Å². The fourth-order valence-corrected chi connectivity index (χ4v) is 3.48. The average molecular weight is 416 g/mol. The van der Waals surface area contributed by atoms with Crippen molar-refractivity contribution >= 4 is 23.2 Å². The number of hydrogen-bond donors (Lipinski definition) is 1. The van der Waals surface area contributed by atoms with Crippen LogP contribution in [0.25, 0.3) is 0 Å². The van der Waals surface area contributed by atoms with Gasteiger partial charge in [-0.15, -0.1) is 0 Å². The van der Waals surface area contributed by atoms with Crippen LogP contribution >= 0.6 is 0 Å². The van der Waals surface area contributed by atoms with Crippen LogP contribution in [0.4, 0.5) is 11.4 Å². The van der Waals surface area contributed by atoms with Gasteiger partial charge in [0, 0.05) is 17.3 Å². The Labute approximate surface area is 181 Å². The molecule has 0 bridgehead atoms. The number of fused-ring (bicyclic) bond motifs is 1. The zero-order valence-corrected chi connectivity index (χ0v) is 17.5. The number of ether oxygens (including phenoxy) is 2. The van der Waals surface area contributed by atoms with E-state index in [1.165, 1.54) is 0 Å². The van der Waals surface area contributed by atoms with Crippen LogP contribution in [-0.4, -0.2) is 31.1 Å². The van der Waals surface area contributed by atoms with Crippen molar-refractivity contribution < 1.29 is 19.1 Å². The van der Waals surface area contributed by atoms with Crippen molar-refractivity contribution in [2.45, 2.75) is 20.0 Å². The van der Waals surface area contributed by atoms with E-state index in [0.717, 1.165) is 11.3 Å². The SMILES string of the molecule is Cc1cccc(C(=O)Nc2ccc3c(c2)OC(C)C(=O)N3CCOc2ccccc2)c1. The molecule has 0 aliphatic carbocycles. The van der Waals surface area contributed by atoms with Crippen molar-refractivity contribution in [3.8, 4) is 11.5 Å². The number of aryl methyl sites for hydroxylation is 1. The van der Waals surface area contributed by atoms with Crippen LogP contribution in [0.2, 0.25) is 0 Å². The van der Waals surface area contributed by atoms with E-state index in [0.29, 0.717) is 35.8 Å². The van der Waals surface area contributed by atoms with Gasteiger partial charge in [-0.25, -0.2) is 0 Å². The molecule has 3 aromatic carbocycles. The monoisotopic (exact) mass is 416 g/mol. The third-order valence-electron chi connectivity index (χ3n) is 5.03. The van der Waals surface area contributed by atoms with E-state index >= 15 is 0 Å². The van der Waals surface area contributed by atoms with Gasteiger partial charge < -0.3 is 19.7 Å². The molecule has 1 heterocycles. The maximum Gasteiger partial charge on any atom is 0.267 e. The molecule has 1 aliphatic heterocycles.